The average molecular weight is 578 g/mol. The lowest BCUT2D eigenvalue weighted by molar-refractivity contribution is 0.0703. The fraction of sp³-hybridized carbons (Fsp3) is 0.400. The van der Waals surface area contributed by atoms with Crippen molar-refractivity contribution in [3.8, 4) is 5.69 Å². The fourth-order valence-corrected chi connectivity index (χ4v) is 8.55. The maximum Gasteiger partial charge on any atom is 0.273 e. The highest BCUT2D eigenvalue weighted by Gasteiger charge is 2.51. The smallest absolute Gasteiger partial charge is 0.273 e. The molecule has 1 aliphatic heterocycles. The van der Waals surface area contributed by atoms with E-state index in [-0.39, 0.29) is 16.7 Å². The maximum absolute atomic E-state index is 13.5. The minimum Gasteiger partial charge on any atom is -0.334 e. The molecule has 2 bridgehead atoms. The highest BCUT2D eigenvalue weighted by Crippen LogP contribution is 2.52. The van der Waals surface area contributed by atoms with Gasteiger partial charge in [0, 0.05) is 29.4 Å². The van der Waals surface area contributed by atoms with Gasteiger partial charge in [-0.05, 0) is 53.9 Å². The number of aromatic nitrogens is 4. The molecule has 9 heteroatoms. The van der Waals surface area contributed by atoms with Gasteiger partial charge in [-0.1, -0.05) is 80.5 Å². The highest BCUT2D eigenvalue weighted by atomic mass is 35.5. The Morgan fingerprint density at radius 1 is 1.10 bits per heavy atom. The van der Waals surface area contributed by atoms with Crippen molar-refractivity contribution in [2.75, 3.05) is 6.54 Å². The van der Waals surface area contributed by atoms with Crippen LogP contribution in [0.1, 0.15) is 66.9 Å². The quantitative estimate of drug-likeness (QED) is 0.216. The molecule has 1 aliphatic carbocycles. The maximum atomic E-state index is 13.5. The zero-order valence-corrected chi connectivity index (χ0v) is 24.8. The van der Waals surface area contributed by atoms with Crippen LogP contribution in [0.15, 0.2) is 65.1 Å². The van der Waals surface area contributed by atoms with E-state index in [0.29, 0.717) is 28.9 Å². The van der Waals surface area contributed by atoms with E-state index in [2.05, 4.69) is 52.6 Å². The second-order valence-electron chi connectivity index (χ2n) is 11.9. The van der Waals surface area contributed by atoms with Crippen molar-refractivity contribution in [1.29, 1.82) is 0 Å². The number of likely N-dealkylation sites (tertiary alicyclic amines) is 1. The lowest BCUT2D eigenvalue weighted by Gasteiger charge is -2.39. The third-order valence-corrected chi connectivity index (χ3v) is 9.95. The number of fused-ring (bicyclic) bond motifs is 2. The summed E-state index contributed by atoms with van der Waals surface area (Å²) in [6.45, 7) is 7.82. The summed E-state index contributed by atoms with van der Waals surface area (Å²) in [5.74, 6) is 1.52. The molecule has 4 aromatic rings. The van der Waals surface area contributed by atoms with Crippen LogP contribution < -0.4 is 0 Å². The molecular weight excluding hydrogens is 546 g/mol. The van der Waals surface area contributed by atoms with Gasteiger partial charge in [-0.2, -0.15) is 0 Å². The normalized spacial score (nSPS) is 21.8. The first-order valence-corrected chi connectivity index (χ1v) is 15.5. The van der Waals surface area contributed by atoms with Crippen LogP contribution in [0, 0.1) is 10.8 Å². The molecule has 2 aromatic heterocycles. The molecular formula is C30H32ClN5OS2. The largest absolute Gasteiger partial charge is 0.334 e. The van der Waals surface area contributed by atoms with Gasteiger partial charge in [0.15, 0.2) is 5.16 Å². The third kappa shape index (κ3) is 5.65. The van der Waals surface area contributed by atoms with Crippen molar-refractivity contribution in [3.63, 3.8) is 0 Å². The number of hydrogen-bond donors (Lipinski definition) is 0. The van der Waals surface area contributed by atoms with Gasteiger partial charge >= 0.3 is 0 Å². The summed E-state index contributed by atoms with van der Waals surface area (Å²) in [4.78, 5) is 20.4. The second-order valence-corrected chi connectivity index (χ2v) is 14.3. The van der Waals surface area contributed by atoms with Gasteiger partial charge in [0.1, 0.15) is 16.5 Å². The minimum absolute atomic E-state index is 0.0705. The molecule has 2 fully saturated rings. The molecule has 202 valence electrons. The van der Waals surface area contributed by atoms with Crippen LogP contribution in [-0.4, -0.2) is 43.1 Å². The molecule has 2 aliphatic rings. The Kier molecular flexibility index (Phi) is 7.06. The van der Waals surface area contributed by atoms with E-state index in [1.807, 2.05) is 47.8 Å². The molecule has 39 heavy (non-hydrogen) atoms. The molecule has 3 heterocycles. The summed E-state index contributed by atoms with van der Waals surface area (Å²) >= 11 is 9.45. The number of carbonyl (C=O) groups is 1. The standard InChI is InChI=1S/C30H32ClN5OS2/c1-29(2)14-23-15-30(3,18-29)19-35(23)27(37)24-16-38-26(32-24)17-39-28-34-33-25(12-20-8-5-4-6-9-20)36(28)22-11-7-10-21(31)13-22/h4-11,13,16,23H,12,14-15,17-19H2,1-3H3. The van der Waals surface area contributed by atoms with E-state index >= 15 is 0 Å². The summed E-state index contributed by atoms with van der Waals surface area (Å²) in [6.07, 6.45) is 3.98. The first kappa shape index (κ1) is 26.5. The molecule has 1 saturated heterocycles. The molecule has 6 nitrogen and oxygen atoms in total. The van der Waals surface area contributed by atoms with Gasteiger partial charge in [-0.25, -0.2) is 4.98 Å². The molecule has 2 atom stereocenters. The fourth-order valence-electron chi connectivity index (χ4n) is 6.61. The van der Waals surface area contributed by atoms with Crippen molar-refractivity contribution in [1.82, 2.24) is 24.6 Å². The summed E-state index contributed by atoms with van der Waals surface area (Å²) in [5, 5.41) is 13.3. The number of thioether (sulfide) groups is 1. The topological polar surface area (TPSA) is 63.9 Å². The van der Waals surface area contributed by atoms with E-state index in [0.717, 1.165) is 46.6 Å². The van der Waals surface area contributed by atoms with E-state index < -0.39 is 0 Å². The van der Waals surface area contributed by atoms with Gasteiger partial charge < -0.3 is 4.90 Å². The summed E-state index contributed by atoms with van der Waals surface area (Å²) in [7, 11) is 0. The third-order valence-electron chi connectivity index (χ3n) is 7.74. The summed E-state index contributed by atoms with van der Waals surface area (Å²) in [5.41, 5.74) is 3.13. The van der Waals surface area contributed by atoms with E-state index in [1.54, 1.807) is 11.8 Å². The van der Waals surface area contributed by atoms with Gasteiger partial charge in [0.05, 0.1) is 11.4 Å². The first-order valence-electron chi connectivity index (χ1n) is 13.3. The van der Waals surface area contributed by atoms with Gasteiger partial charge in [-0.15, -0.1) is 21.5 Å². The van der Waals surface area contributed by atoms with Crippen LogP contribution in [0.4, 0.5) is 0 Å². The number of amides is 1. The lowest BCUT2D eigenvalue weighted by atomic mass is 9.65. The molecule has 0 radical (unpaired) electrons. The highest BCUT2D eigenvalue weighted by molar-refractivity contribution is 7.98. The molecule has 0 spiro atoms. The number of hydrogen-bond acceptors (Lipinski definition) is 6. The van der Waals surface area contributed by atoms with Crippen LogP contribution >= 0.6 is 34.7 Å². The Balaban J connectivity index is 1.20. The minimum atomic E-state index is 0.0705. The SMILES string of the molecule is CC1(C)CC2CC(C)(CN2C(=O)c2csc(CSc3nnc(Cc4ccccc4)n3-c3cccc(Cl)c3)n2)C1. The Bertz CT molecular complexity index is 1500. The van der Waals surface area contributed by atoms with Crippen molar-refractivity contribution in [2.24, 2.45) is 10.8 Å². The van der Waals surface area contributed by atoms with E-state index in [4.69, 9.17) is 16.6 Å². The lowest BCUT2D eigenvalue weighted by Crippen LogP contribution is -2.37. The van der Waals surface area contributed by atoms with Crippen LogP contribution in [0.3, 0.4) is 0 Å². The van der Waals surface area contributed by atoms with Crippen LogP contribution in [0.5, 0.6) is 0 Å². The van der Waals surface area contributed by atoms with Crippen LogP contribution in [-0.2, 0) is 12.2 Å². The second kappa shape index (κ2) is 10.4. The van der Waals surface area contributed by atoms with Gasteiger partial charge in [-0.3, -0.25) is 9.36 Å². The zero-order chi connectivity index (χ0) is 27.2. The molecule has 0 N–H and O–H groups in total. The zero-order valence-electron chi connectivity index (χ0n) is 22.4. The summed E-state index contributed by atoms with van der Waals surface area (Å²) in [6, 6.07) is 18.3. The van der Waals surface area contributed by atoms with Crippen LogP contribution in [0.2, 0.25) is 5.02 Å². The van der Waals surface area contributed by atoms with Gasteiger partial charge in [0.2, 0.25) is 0 Å². The number of thiazole rings is 1. The first-order chi connectivity index (χ1) is 18.7. The Labute approximate surface area is 242 Å². The monoisotopic (exact) mass is 577 g/mol. The van der Waals surface area contributed by atoms with Crippen molar-refractivity contribution in [3.05, 3.63) is 87.1 Å². The van der Waals surface area contributed by atoms with Crippen molar-refractivity contribution in [2.45, 2.75) is 63.4 Å². The Morgan fingerprint density at radius 3 is 2.72 bits per heavy atom. The molecule has 2 aromatic carbocycles. The average Bonchev–Trinajstić information content (AvgIpc) is 3.58. The number of benzene rings is 2. The van der Waals surface area contributed by atoms with Crippen molar-refractivity contribution >= 4 is 40.6 Å². The van der Waals surface area contributed by atoms with Gasteiger partial charge in [0.25, 0.3) is 5.91 Å². The number of rotatable bonds is 7. The molecule has 1 amide bonds. The molecule has 1 saturated carbocycles. The van der Waals surface area contributed by atoms with Crippen LogP contribution in [0.25, 0.3) is 5.69 Å². The van der Waals surface area contributed by atoms with E-state index in [9.17, 15) is 4.79 Å². The number of carbonyl (C=O) groups excluding carboxylic acids is 1. The predicted octanol–water partition coefficient (Wildman–Crippen LogP) is 7.30. The number of halogens is 1. The Hall–Kier alpha value is -2.68. The number of nitrogens with zero attached hydrogens (tertiary/aromatic N) is 5. The predicted molar refractivity (Wildman–Crippen MR) is 158 cm³/mol. The Morgan fingerprint density at radius 2 is 1.92 bits per heavy atom. The van der Waals surface area contributed by atoms with E-state index in [1.165, 1.54) is 17.8 Å². The summed E-state index contributed by atoms with van der Waals surface area (Å²) < 4.78 is 2.07. The molecule has 2 unspecified atom stereocenters. The molecule has 6 rings (SSSR count). The van der Waals surface area contributed by atoms with Crippen molar-refractivity contribution < 1.29 is 4.79 Å².